The molecule has 2 aromatic rings. The van der Waals surface area contributed by atoms with E-state index in [9.17, 15) is 9.59 Å². The van der Waals surface area contributed by atoms with Crippen molar-refractivity contribution in [2.45, 2.75) is 13.3 Å². The van der Waals surface area contributed by atoms with Crippen molar-refractivity contribution in [2.24, 2.45) is 0 Å². The first-order chi connectivity index (χ1) is 13.0. The topological polar surface area (TPSA) is 94.1 Å². The van der Waals surface area contributed by atoms with Crippen molar-refractivity contribution >= 4 is 11.9 Å². The lowest BCUT2D eigenvalue weighted by atomic mass is 10.1. The van der Waals surface area contributed by atoms with Crippen LogP contribution in [0.15, 0.2) is 42.5 Å². The number of carbonyl (C=O) groups excluding carboxylic acids is 1. The van der Waals surface area contributed by atoms with Crippen molar-refractivity contribution in [3.8, 4) is 17.2 Å². The molecule has 0 radical (unpaired) electrons. The van der Waals surface area contributed by atoms with Crippen LogP contribution in [0.5, 0.6) is 17.2 Å². The van der Waals surface area contributed by atoms with Crippen molar-refractivity contribution in [3.63, 3.8) is 0 Å². The predicted molar refractivity (Wildman–Crippen MR) is 99.8 cm³/mol. The average Bonchev–Trinajstić information content (AvgIpc) is 2.67. The minimum Gasteiger partial charge on any atom is -0.497 e. The van der Waals surface area contributed by atoms with Gasteiger partial charge >= 0.3 is 5.97 Å². The van der Waals surface area contributed by atoms with Gasteiger partial charge in [-0.3, -0.25) is 4.79 Å². The van der Waals surface area contributed by atoms with E-state index in [2.05, 4.69) is 5.32 Å². The molecule has 2 N–H and O–H groups in total. The molecule has 0 aliphatic rings. The molecule has 144 valence electrons. The second-order valence-electron chi connectivity index (χ2n) is 5.63. The molecule has 27 heavy (non-hydrogen) atoms. The summed E-state index contributed by atoms with van der Waals surface area (Å²) in [6.07, 6.45) is 0.688. The molecule has 1 amide bonds. The minimum atomic E-state index is -1.09. The molecule has 0 heterocycles. The summed E-state index contributed by atoms with van der Waals surface area (Å²) in [6.45, 7) is 2.16. The normalized spacial score (nSPS) is 10.1. The summed E-state index contributed by atoms with van der Waals surface area (Å²) in [4.78, 5) is 23.0. The van der Waals surface area contributed by atoms with Crippen molar-refractivity contribution in [1.29, 1.82) is 0 Å². The van der Waals surface area contributed by atoms with Gasteiger partial charge in [-0.1, -0.05) is 12.1 Å². The zero-order valence-electron chi connectivity index (χ0n) is 15.4. The number of methoxy groups -OCH3 is 1. The molecule has 0 bridgehead atoms. The average molecular weight is 373 g/mol. The highest BCUT2D eigenvalue weighted by Gasteiger charge is 2.12. The van der Waals surface area contributed by atoms with Gasteiger partial charge < -0.3 is 24.6 Å². The Hall–Kier alpha value is -3.22. The van der Waals surface area contributed by atoms with Gasteiger partial charge in [-0.05, 0) is 49.2 Å². The molecular weight excluding hydrogens is 350 g/mol. The smallest absolute Gasteiger partial charge is 0.341 e. The van der Waals surface area contributed by atoms with Gasteiger partial charge in [0.1, 0.15) is 5.75 Å². The second kappa shape index (κ2) is 10.1. The minimum absolute atomic E-state index is 0.241. The van der Waals surface area contributed by atoms with Gasteiger partial charge in [0.15, 0.2) is 18.1 Å². The zero-order chi connectivity index (χ0) is 19.6. The number of ether oxygens (including phenoxy) is 3. The van der Waals surface area contributed by atoms with Crippen molar-refractivity contribution in [1.82, 2.24) is 5.32 Å². The number of hydrogen-bond donors (Lipinski definition) is 2. The van der Waals surface area contributed by atoms with Crippen LogP contribution in [0.25, 0.3) is 0 Å². The van der Waals surface area contributed by atoms with Crippen LogP contribution >= 0.6 is 0 Å². The number of nitrogens with one attached hydrogen (secondary N) is 1. The molecule has 0 fully saturated rings. The summed E-state index contributed by atoms with van der Waals surface area (Å²) in [5, 5.41) is 11.6. The van der Waals surface area contributed by atoms with Gasteiger partial charge in [-0.15, -0.1) is 0 Å². The molecule has 7 nitrogen and oxygen atoms in total. The fourth-order valence-corrected chi connectivity index (χ4v) is 2.39. The molecule has 0 saturated carbocycles. The van der Waals surface area contributed by atoms with Crippen LogP contribution in [0.4, 0.5) is 0 Å². The van der Waals surface area contributed by atoms with Crippen molar-refractivity contribution in [3.05, 3.63) is 53.6 Å². The molecule has 2 rings (SSSR count). The summed E-state index contributed by atoms with van der Waals surface area (Å²) in [5.41, 5.74) is 1.50. The van der Waals surface area contributed by atoms with Gasteiger partial charge in [0, 0.05) is 12.1 Å². The molecule has 0 atom stereocenters. The van der Waals surface area contributed by atoms with Crippen molar-refractivity contribution in [2.75, 3.05) is 26.9 Å². The van der Waals surface area contributed by atoms with Crippen molar-refractivity contribution < 1.29 is 28.9 Å². The molecule has 0 spiro atoms. The maximum absolute atomic E-state index is 12.3. The Bertz CT molecular complexity index is 773. The Morgan fingerprint density at radius 2 is 1.78 bits per heavy atom. The lowest BCUT2D eigenvalue weighted by Crippen LogP contribution is -2.25. The number of carbonyl (C=O) groups is 2. The van der Waals surface area contributed by atoms with Crippen LogP contribution < -0.4 is 19.5 Å². The largest absolute Gasteiger partial charge is 0.497 e. The first-order valence-electron chi connectivity index (χ1n) is 8.56. The Labute approximate surface area is 157 Å². The predicted octanol–water partition coefficient (Wildman–Crippen LogP) is 2.53. The van der Waals surface area contributed by atoms with Crippen LogP contribution in [0.3, 0.4) is 0 Å². The van der Waals surface area contributed by atoms with Crippen LogP contribution in [0.2, 0.25) is 0 Å². The van der Waals surface area contributed by atoms with Crippen LogP contribution in [0.1, 0.15) is 22.8 Å². The number of carboxylic acid groups (broad SMARTS) is 1. The maximum atomic E-state index is 12.3. The SMILES string of the molecule is CCOc1cc(C(=O)NCCc2ccc(OC)cc2)ccc1OCC(=O)O. The number of amides is 1. The standard InChI is InChI=1S/C20H23NO6/c1-3-26-18-12-15(6-9-17(18)27-13-19(22)23)20(24)21-11-10-14-4-7-16(25-2)8-5-14/h4-9,12H,3,10-11,13H2,1-2H3,(H,21,24)(H,22,23). The van der Waals surface area contributed by atoms with Gasteiger partial charge in [0.25, 0.3) is 5.91 Å². The summed E-state index contributed by atoms with van der Waals surface area (Å²) in [7, 11) is 1.61. The van der Waals surface area contributed by atoms with E-state index in [1.165, 1.54) is 6.07 Å². The van der Waals surface area contributed by atoms with E-state index in [0.717, 1.165) is 11.3 Å². The highest BCUT2D eigenvalue weighted by molar-refractivity contribution is 5.94. The molecule has 7 heteroatoms. The van der Waals surface area contributed by atoms with Gasteiger partial charge in [-0.2, -0.15) is 0 Å². The van der Waals surface area contributed by atoms with E-state index < -0.39 is 12.6 Å². The van der Waals surface area contributed by atoms with E-state index in [1.54, 1.807) is 26.2 Å². The monoisotopic (exact) mass is 373 g/mol. The molecule has 0 saturated heterocycles. The Morgan fingerprint density at radius 3 is 2.41 bits per heavy atom. The van der Waals surface area contributed by atoms with Gasteiger partial charge in [-0.25, -0.2) is 4.79 Å². The number of hydrogen-bond acceptors (Lipinski definition) is 5. The maximum Gasteiger partial charge on any atom is 0.341 e. The van der Waals surface area contributed by atoms with E-state index in [4.69, 9.17) is 19.3 Å². The third kappa shape index (κ3) is 6.22. The van der Waals surface area contributed by atoms with Gasteiger partial charge in [0.05, 0.1) is 13.7 Å². The second-order valence-corrected chi connectivity index (χ2v) is 5.63. The third-order valence-electron chi connectivity index (χ3n) is 3.72. The van der Waals surface area contributed by atoms with Gasteiger partial charge in [0.2, 0.25) is 0 Å². The quantitative estimate of drug-likeness (QED) is 0.665. The summed E-state index contributed by atoms with van der Waals surface area (Å²) < 4.78 is 15.7. The lowest BCUT2D eigenvalue weighted by molar-refractivity contribution is -0.139. The molecule has 0 aromatic heterocycles. The highest BCUT2D eigenvalue weighted by atomic mass is 16.5. The molecule has 0 unspecified atom stereocenters. The van der Waals surface area contributed by atoms with Crippen LogP contribution in [0, 0.1) is 0 Å². The molecule has 0 aliphatic heterocycles. The lowest BCUT2D eigenvalue weighted by Gasteiger charge is -2.12. The number of carboxylic acids is 1. The summed E-state index contributed by atoms with van der Waals surface area (Å²) in [5.74, 6) is 0.0825. The van der Waals surface area contributed by atoms with E-state index in [-0.39, 0.29) is 11.7 Å². The Morgan fingerprint density at radius 1 is 1.04 bits per heavy atom. The summed E-state index contributed by atoms with van der Waals surface area (Å²) in [6, 6.07) is 12.3. The molecule has 2 aromatic carbocycles. The Balaban J connectivity index is 1.95. The Kier molecular flexibility index (Phi) is 7.49. The first-order valence-corrected chi connectivity index (χ1v) is 8.56. The molecular formula is C20H23NO6. The van der Waals surface area contributed by atoms with E-state index in [1.807, 2.05) is 24.3 Å². The summed E-state index contributed by atoms with van der Waals surface area (Å²) >= 11 is 0. The van der Waals surface area contributed by atoms with E-state index >= 15 is 0 Å². The first kappa shape index (κ1) is 20.1. The molecule has 0 aliphatic carbocycles. The number of aliphatic carboxylic acids is 1. The van der Waals surface area contributed by atoms with Crippen LogP contribution in [-0.2, 0) is 11.2 Å². The number of rotatable bonds is 10. The third-order valence-corrected chi connectivity index (χ3v) is 3.72. The number of benzene rings is 2. The fraction of sp³-hybridized carbons (Fsp3) is 0.300. The fourth-order valence-electron chi connectivity index (χ4n) is 2.39. The van der Waals surface area contributed by atoms with E-state index in [0.29, 0.717) is 30.9 Å². The van der Waals surface area contributed by atoms with Crippen LogP contribution in [-0.4, -0.2) is 43.9 Å². The highest BCUT2D eigenvalue weighted by Crippen LogP contribution is 2.28. The zero-order valence-corrected chi connectivity index (χ0v) is 15.4.